The Morgan fingerprint density at radius 2 is 1.48 bits per heavy atom. The van der Waals surface area contributed by atoms with Crippen molar-refractivity contribution in [3.63, 3.8) is 0 Å². The Labute approximate surface area is 158 Å². The maximum Gasteiger partial charge on any atom is 0.320 e. The molecule has 0 aliphatic carbocycles. The molecule has 0 unspecified atom stereocenters. The average molecular weight is 376 g/mol. The van der Waals surface area contributed by atoms with Crippen LogP contribution in [-0.2, 0) is 14.9 Å². The molecule has 0 spiro atoms. The SMILES string of the molecule is COC(=O)C(CCCCC#N)(c1ccc(Cl)cc1)c1ccc(Cl)cc1. The van der Waals surface area contributed by atoms with Crippen molar-refractivity contribution in [3.8, 4) is 6.07 Å². The molecule has 0 aliphatic rings. The number of esters is 1. The number of rotatable bonds is 7. The largest absolute Gasteiger partial charge is 0.468 e. The zero-order valence-electron chi connectivity index (χ0n) is 14.0. The third-order valence-corrected chi connectivity index (χ3v) is 4.80. The fourth-order valence-corrected chi connectivity index (χ4v) is 3.28. The molecule has 0 heterocycles. The first-order valence-electron chi connectivity index (χ1n) is 8.02. The number of nitriles is 1. The van der Waals surface area contributed by atoms with Crippen LogP contribution in [0.15, 0.2) is 48.5 Å². The standard InChI is InChI=1S/C20H19Cl2NO2/c1-25-19(24)20(13-3-2-4-14-23,15-5-9-17(21)10-6-15)16-7-11-18(22)12-8-16/h5-12H,2-4,13H2,1H3. The smallest absolute Gasteiger partial charge is 0.320 e. The Bertz CT molecular complexity index is 703. The van der Waals surface area contributed by atoms with Crippen LogP contribution in [0.2, 0.25) is 10.0 Å². The van der Waals surface area contributed by atoms with Crippen molar-refractivity contribution in [2.45, 2.75) is 31.1 Å². The van der Waals surface area contributed by atoms with Crippen LogP contribution in [0.25, 0.3) is 0 Å². The van der Waals surface area contributed by atoms with Gasteiger partial charge in [-0.25, -0.2) is 0 Å². The summed E-state index contributed by atoms with van der Waals surface area (Å²) in [5.74, 6) is -0.339. The lowest BCUT2D eigenvalue weighted by atomic mass is 9.71. The van der Waals surface area contributed by atoms with E-state index < -0.39 is 5.41 Å². The van der Waals surface area contributed by atoms with E-state index in [4.69, 9.17) is 33.2 Å². The monoisotopic (exact) mass is 375 g/mol. The molecule has 0 atom stereocenters. The van der Waals surface area contributed by atoms with Crippen LogP contribution >= 0.6 is 23.2 Å². The van der Waals surface area contributed by atoms with E-state index in [2.05, 4.69) is 6.07 Å². The predicted octanol–water partition coefficient (Wildman–Crippen LogP) is 5.54. The van der Waals surface area contributed by atoms with Crippen LogP contribution in [0.1, 0.15) is 36.8 Å². The van der Waals surface area contributed by atoms with Gasteiger partial charge in [-0.05, 0) is 48.2 Å². The van der Waals surface area contributed by atoms with Crippen LogP contribution in [0.5, 0.6) is 0 Å². The molecular formula is C20H19Cl2NO2. The quantitative estimate of drug-likeness (QED) is 0.471. The molecule has 0 saturated carbocycles. The summed E-state index contributed by atoms with van der Waals surface area (Å²) in [6.45, 7) is 0. The van der Waals surface area contributed by atoms with Crippen molar-refractivity contribution >= 4 is 29.2 Å². The number of hydrogen-bond acceptors (Lipinski definition) is 3. The summed E-state index contributed by atoms with van der Waals surface area (Å²) in [6, 6.07) is 16.6. The second-order valence-corrected chi connectivity index (χ2v) is 6.65. The Morgan fingerprint density at radius 3 is 1.88 bits per heavy atom. The molecule has 3 nitrogen and oxygen atoms in total. The zero-order chi connectivity index (χ0) is 18.3. The Kier molecular flexibility index (Phi) is 6.87. The van der Waals surface area contributed by atoms with E-state index in [9.17, 15) is 4.79 Å². The van der Waals surface area contributed by atoms with E-state index in [1.165, 1.54) is 7.11 Å². The van der Waals surface area contributed by atoms with E-state index in [1.807, 2.05) is 24.3 Å². The molecule has 2 aromatic carbocycles. The summed E-state index contributed by atoms with van der Waals surface area (Å²) < 4.78 is 5.17. The fourth-order valence-electron chi connectivity index (χ4n) is 3.03. The molecule has 130 valence electrons. The highest BCUT2D eigenvalue weighted by Gasteiger charge is 2.42. The Hall–Kier alpha value is -2.02. The van der Waals surface area contributed by atoms with Gasteiger partial charge in [0.15, 0.2) is 0 Å². The summed E-state index contributed by atoms with van der Waals surface area (Å²) in [7, 11) is 1.39. The maximum atomic E-state index is 12.9. The van der Waals surface area contributed by atoms with E-state index in [0.717, 1.165) is 17.5 Å². The molecule has 0 fully saturated rings. The van der Waals surface area contributed by atoms with Crippen molar-refractivity contribution in [1.29, 1.82) is 5.26 Å². The third kappa shape index (κ3) is 4.34. The number of hydrogen-bond donors (Lipinski definition) is 0. The Morgan fingerprint density at radius 1 is 1.00 bits per heavy atom. The number of benzene rings is 2. The van der Waals surface area contributed by atoms with Gasteiger partial charge in [-0.15, -0.1) is 0 Å². The molecule has 0 saturated heterocycles. The van der Waals surface area contributed by atoms with Crippen molar-refractivity contribution in [1.82, 2.24) is 0 Å². The molecule has 25 heavy (non-hydrogen) atoms. The number of halogens is 2. The topological polar surface area (TPSA) is 50.1 Å². The molecular weight excluding hydrogens is 357 g/mol. The first kappa shape index (κ1) is 19.3. The van der Waals surface area contributed by atoms with Crippen molar-refractivity contribution in [3.05, 3.63) is 69.7 Å². The number of unbranched alkanes of at least 4 members (excludes halogenated alkanes) is 2. The van der Waals surface area contributed by atoms with E-state index in [-0.39, 0.29) is 5.97 Å². The minimum Gasteiger partial charge on any atom is -0.468 e. The van der Waals surface area contributed by atoms with Crippen molar-refractivity contribution in [2.75, 3.05) is 7.11 Å². The summed E-state index contributed by atoms with van der Waals surface area (Å²) in [5.41, 5.74) is 0.658. The molecule has 0 aliphatic heterocycles. The minimum absolute atomic E-state index is 0.339. The zero-order valence-corrected chi connectivity index (χ0v) is 15.5. The normalized spacial score (nSPS) is 11.0. The number of carbonyl (C=O) groups is 1. The maximum absolute atomic E-state index is 12.9. The van der Waals surface area contributed by atoms with Crippen LogP contribution in [-0.4, -0.2) is 13.1 Å². The Balaban J connectivity index is 2.56. The van der Waals surface area contributed by atoms with Gasteiger partial charge >= 0.3 is 5.97 Å². The van der Waals surface area contributed by atoms with Gasteiger partial charge in [0, 0.05) is 16.5 Å². The number of nitrogens with zero attached hydrogens (tertiary/aromatic N) is 1. The highest BCUT2D eigenvalue weighted by molar-refractivity contribution is 6.30. The van der Waals surface area contributed by atoms with Gasteiger partial charge in [-0.2, -0.15) is 5.26 Å². The molecule has 0 radical (unpaired) electrons. The van der Waals surface area contributed by atoms with Crippen molar-refractivity contribution in [2.24, 2.45) is 0 Å². The lowest BCUT2D eigenvalue weighted by Crippen LogP contribution is -2.38. The van der Waals surface area contributed by atoms with Gasteiger partial charge in [0.25, 0.3) is 0 Å². The van der Waals surface area contributed by atoms with E-state index in [1.54, 1.807) is 24.3 Å². The van der Waals surface area contributed by atoms with Gasteiger partial charge in [0.05, 0.1) is 13.2 Å². The van der Waals surface area contributed by atoms with Gasteiger partial charge in [0.2, 0.25) is 0 Å². The third-order valence-electron chi connectivity index (χ3n) is 4.30. The molecule has 0 amide bonds. The number of ether oxygens (including phenoxy) is 1. The van der Waals surface area contributed by atoms with Crippen LogP contribution in [0.4, 0.5) is 0 Å². The van der Waals surface area contributed by atoms with Crippen LogP contribution in [0.3, 0.4) is 0 Å². The first-order chi connectivity index (χ1) is 12.0. The van der Waals surface area contributed by atoms with Gasteiger partial charge < -0.3 is 4.74 Å². The number of methoxy groups -OCH3 is 1. The minimum atomic E-state index is -0.959. The summed E-state index contributed by atoms with van der Waals surface area (Å²) >= 11 is 12.0. The lowest BCUT2D eigenvalue weighted by molar-refractivity contribution is -0.146. The van der Waals surface area contributed by atoms with Gasteiger partial charge in [-0.3, -0.25) is 4.79 Å². The molecule has 0 N–H and O–H groups in total. The highest BCUT2D eigenvalue weighted by Crippen LogP contribution is 2.39. The van der Waals surface area contributed by atoms with Gasteiger partial charge in [-0.1, -0.05) is 53.9 Å². The molecule has 2 aromatic rings. The van der Waals surface area contributed by atoms with Crippen LogP contribution in [0, 0.1) is 11.3 Å². The molecule has 0 bridgehead atoms. The predicted molar refractivity (Wildman–Crippen MR) is 99.8 cm³/mol. The first-order valence-corrected chi connectivity index (χ1v) is 8.77. The molecule has 5 heteroatoms. The molecule has 0 aromatic heterocycles. The second kappa shape index (κ2) is 8.89. The van der Waals surface area contributed by atoms with E-state index >= 15 is 0 Å². The molecule has 2 rings (SSSR count). The summed E-state index contributed by atoms with van der Waals surface area (Å²) in [4.78, 5) is 12.9. The van der Waals surface area contributed by atoms with E-state index in [0.29, 0.717) is 29.3 Å². The van der Waals surface area contributed by atoms with Gasteiger partial charge in [0.1, 0.15) is 5.41 Å². The summed E-state index contributed by atoms with van der Waals surface area (Å²) in [6.07, 6.45) is 2.42. The average Bonchev–Trinajstić information content (AvgIpc) is 2.63. The highest BCUT2D eigenvalue weighted by atomic mass is 35.5. The summed E-state index contributed by atoms with van der Waals surface area (Å²) in [5, 5.41) is 9.98. The number of carbonyl (C=O) groups excluding carboxylic acids is 1. The van der Waals surface area contributed by atoms with Crippen molar-refractivity contribution < 1.29 is 9.53 Å². The lowest BCUT2D eigenvalue weighted by Gasteiger charge is -2.32. The second-order valence-electron chi connectivity index (χ2n) is 5.78. The fraction of sp³-hybridized carbons (Fsp3) is 0.300. The van der Waals surface area contributed by atoms with Crippen LogP contribution < -0.4 is 0 Å².